The standard InChI is InChI=1S/C29H25N3O2/c1-20-10-11-23-14-17-25(29(33)28(23)31-20)27(32-26-9-5-6-18-30-26)22-12-15-24(16-13-22)34-19-21-7-3-2-4-8-21/h2-18,27,33H,19H2,1H3,(H,30,32)/t27-/m0/s1. The van der Waals surface area contributed by atoms with E-state index in [2.05, 4.69) is 15.3 Å². The second-order valence-corrected chi connectivity index (χ2v) is 8.16. The number of hydrogen-bond acceptors (Lipinski definition) is 5. The zero-order chi connectivity index (χ0) is 23.3. The first kappa shape index (κ1) is 21.5. The molecule has 3 aromatic carbocycles. The van der Waals surface area contributed by atoms with E-state index in [1.807, 2.05) is 104 Å². The van der Waals surface area contributed by atoms with Crippen molar-refractivity contribution < 1.29 is 9.84 Å². The lowest BCUT2D eigenvalue weighted by Crippen LogP contribution is -2.13. The molecule has 0 unspecified atom stereocenters. The summed E-state index contributed by atoms with van der Waals surface area (Å²) in [7, 11) is 0. The molecule has 5 heteroatoms. The number of phenolic OH excluding ortho intramolecular Hbond substituents is 1. The number of rotatable bonds is 7. The van der Waals surface area contributed by atoms with Crippen molar-refractivity contribution in [3.8, 4) is 11.5 Å². The van der Waals surface area contributed by atoms with Gasteiger partial charge in [-0.05, 0) is 48.4 Å². The molecule has 168 valence electrons. The third kappa shape index (κ3) is 4.69. The van der Waals surface area contributed by atoms with Gasteiger partial charge in [-0.1, -0.05) is 66.7 Å². The summed E-state index contributed by atoms with van der Waals surface area (Å²) in [6.07, 6.45) is 1.74. The number of aromatic hydroxyl groups is 1. The summed E-state index contributed by atoms with van der Waals surface area (Å²) in [5.41, 5.74) is 4.27. The van der Waals surface area contributed by atoms with Crippen LogP contribution in [0.4, 0.5) is 5.82 Å². The van der Waals surface area contributed by atoms with Gasteiger partial charge >= 0.3 is 0 Å². The van der Waals surface area contributed by atoms with Gasteiger partial charge < -0.3 is 15.2 Å². The summed E-state index contributed by atoms with van der Waals surface area (Å²) in [5.74, 6) is 1.66. The van der Waals surface area contributed by atoms with Crippen LogP contribution in [0.1, 0.15) is 28.4 Å². The van der Waals surface area contributed by atoms with Crippen molar-refractivity contribution in [3.63, 3.8) is 0 Å². The summed E-state index contributed by atoms with van der Waals surface area (Å²) in [6.45, 7) is 2.43. The predicted octanol–water partition coefficient (Wildman–Crippen LogP) is 6.42. The fraction of sp³-hybridized carbons (Fsp3) is 0.103. The Labute approximate surface area is 198 Å². The molecule has 2 N–H and O–H groups in total. The molecule has 0 aliphatic heterocycles. The third-order valence-corrected chi connectivity index (χ3v) is 5.74. The highest BCUT2D eigenvalue weighted by Gasteiger charge is 2.20. The molecule has 34 heavy (non-hydrogen) atoms. The average molecular weight is 448 g/mol. The van der Waals surface area contributed by atoms with Gasteiger partial charge in [-0.25, -0.2) is 9.97 Å². The van der Waals surface area contributed by atoms with Crippen molar-refractivity contribution in [2.45, 2.75) is 19.6 Å². The monoisotopic (exact) mass is 447 g/mol. The van der Waals surface area contributed by atoms with E-state index in [0.717, 1.165) is 33.5 Å². The summed E-state index contributed by atoms with van der Waals surface area (Å²) in [6, 6.07) is 31.2. The number of anilines is 1. The van der Waals surface area contributed by atoms with Crippen LogP contribution in [-0.4, -0.2) is 15.1 Å². The lowest BCUT2D eigenvalue weighted by molar-refractivity contribution is 0.306. The topological polar surface area (TPSA) is 67.3 Å². The number of nitrogens with one attached hydrogen (secondary N) is 1. The van der Waals surface area contributed by atoms with E-state index >= 15 is 0 Å². The van der Waals surface area contributed by atoms with Crippen LogP contribution in [-0.2, 0) is 6.61 Å². The van der Waals surface area contributed by atoms with Crippen molar-refractivity contribution in [3.05, 3.63) is 126 Å². The van der Waals surface area contributed by atoms with Crippen LogP contribution in [0.15, 0.2) is 103 Å². The largest absolute Gasteiger partial charge is 0.505 e. The number of ether oxygens (including phenoxy) is 1. The Bertz CT molecular complexity index is 1390. The number of aryl methyl sites for hydroxylation is 1. The van der Waals surface area contributed by atoms with Crippen LogP contribution in [0.5, 0.6) is 11.5 Å². The first-order valence-corrected chi connectivity index (χ1v) is 11.2. The second kappa shape index (κ2) is 9.63. The van der Waals surface area contributed by atoms with Crippen LogP contribution in [0, 0.1) is 6.92 Å². The minimum atomic E-state index is -0.329. The highest BCUT2D eigenvalue weighted by molar-refractivity contribution is 5.86. The molecule has 0 spiro atoms. The van der Waals surface area contributed by atoms with Gasteiger partial charge in [-0.2, -0.15) is 0 Å². The van der Waals surface area contributed by atoms with Gasteiger partial charge in [0.25, 0.3) is 0 Å². The molecule has 5 aromatic rings. The Hall–Kier alpha value is -4.38. The number of pyridine rings is 2. The molecule has 2 aromatic heterocycles. The third-order valence-electron chi connectivity index (χ3n) is 5.74. The van der Waals surface area contributed by atoms with Gasteiger partial charge in [0, 0.05) is 22.8 Å². The van der Waals surface area contributed by atoms with Gasteiger partial charge in [0.05, 0.1) is 6.04 Å². The van der Waals surface area contributed by atoms with E-state index in [4.69, 9.17) is 4.74 Å². The van der Waals surface area contributed by atoms with Crippen molar-refractivity contribution in [1.29, 1.82) is 0 Å². The summed E-state index contributed by atoms with van der Waals surface area (Å²) in [4.78, 5) is 9.00. The van der Waals surface area contributed by atoms with Gasteiger partial charge in [-0.3, -0.25) is 0 Å². The quantitative estimate of drug-likeness (QED) is 0.301. The van der Waals surface area contributed by atoms with Crippen molar-refractivity contribution in [2.75, 3.05) is 5.32 Å². The zero-order valence-electron chi connectivity index (χ0n) is 18.8. The van der Waals surface area contributed by atoms with Crippen molar-refractivity contribution in [2.24, 2.45) is 0 Å². The molecule has 0 saturated carbocycles. The van der Waals surface area contributed by atoms with Gasteiger partial charge in [-0.15, -0.1) is 0 Å². The Balaban J connectivity index is 1.48. The van der Waals surface area contributed by atoms with E-state index in [1.54, 1.807) is 6.20 Å². The molecular weight excluding hydrogens is 422 g/mol. The van der Waals surface area contributed by atoms with Crippen LogP contribution in [0.3, 0.4) is 0 Å². The molecule has 5 rings (SSSR count). The van der Waals surface area contributed by atoms with E-state index < -0.39 is 0 Å². The fourth-order valence-electron chi connectivity index (χ4n) is 3.95. The summed E-state index contributed by atoms with van der Waals surface area (Å²) >= 11 is 0. The molecule has 5 nitrogen and oxygen atoms in total. The molecule has 0 aliphatic carbocycles. The van der Waals surface area contributed by atoms with Crippen LogP contribution >= 0.6 is 0 Å². The maximum absolute atomic E-state index is 11.2. The van der Waals surface area contributed by atoms with E-state index in [1.165, 1.54) is 0 Å². The first-order valence-electron chi connectivity index (χ1n) is 11.2. The Kier molecular flexibility index (Phi) is 6.08. The molecule has 0 bridgehead atoms. The maximum Gasteiger partial charge on any atom is 0.147 e. The minimum absolute atomic E-state index is 0.166. The smallest absolute Gasteiger partial charge is 0.147 e. The van der Waals surface area contributed by atoms with E-state index in [0.29, 0.717) is 17.9 Å². The molecule has 2 heterocycles. The lowest BCUT2D eigenvalue weighted by atomic mass is 9.96. The number of aromatic nitrogens is 2. The first-order chi connectivity index (χ1) is 16.7. The van der Waals surface area contributed by atoms with Gasteiger partial charge in [0.15, 0.2) is 0 Å². The molecule has 0 aliphatic rings. The second-order valence-electron chi connectivity index (χ2n) is 8.16. The van der Waals surface area contributed by atoms with Crippen LogP contribution in [0.2, 0.25) is 0 Å². The number of fused-ring (bicyclic) bond motifs is 1. The number of phenols is 1. The Morgan fingerprint density at radius 3 is 2.38 bits per heavy atom. The highest BCUT2D eigenvalue weighted by Crippen LogP contribution is 2.37. The lowest BCUT2D eigenvalue weighted by Gasteiger charge is -2.22. The SMILES string of the molecule is Cc1ccc2ccc([C@@H](Nc3ccccn3)c3ccc(OCc4ccccc4)cc3)c(O)c2n1. The summed E-state index contributed by atoms with van der Waals surface area (Å²) < 4.78 is 5.95. The van der Waals surface area contributed by atoms with Crippen LogP contribution < -0.4 is 10.1 Å². The molecule has 0 radical (unpaired) electrons. The molecule has 0 fully saturated rings. The minimum Gasteiger partial charge on any atom is -0.505 e. The highest BCUT2D eigenvalue weighted by atomic mass is 16.5. The predicted molar refractivity (Wildman–Crippen MR) is 135 cm³/mol. The Morgan fingerprint density at radius 1 is 0.853 bits per heavy atom. The van der Waals surface area contributed by atoms with Crippen molar-refractivity contribution >= 4 is 16.7 Å². The van der Waals surface area contributed by atoms with E-state index in [9.17, 15) is 5.11 Å². The average Bonchev–Trinajstić information content (AvgIpc) is 2.89. The normalized spacial score (nSPS) is 11.8. The maximum atomic E-state index is 11.2. The number of nitrogens with zero attached hydrogens (tertiary/aromatic N) is 2. The Morgan fingerprint density at radius 2 is 1.62 bits per heavy atom. The van der Waals surface area contributed by atoms with Crippen molar-refractivity contribution in [1.82, 2.24) is 9.97 Å². The molecule has 0 amide bonds. The number of benzene rings is 3. The fourth-order valence-corrected chi connectivity index (χ4v) is 3.95. The summed E-state index contributed by atoms with van der Waals surface area (Å²) in [5, 5.41) is 15.6. The number of hydrogen-bond donors (Lipinski definition) is 2. The van der Waals surface area contributed by atoms with Gasteiger partial charge in [0.1, 0.15) is 29.4 Å². The van der Waals surface area contributed by atoms with Crippen LogP contribution in [0.25, 0.3) is 10.9 Å². The molecule has 1 atom stereocenters. The molecule has 0 saturated heterocycles. The van der Waals surface area contributed by atoms with E-state index in [-0.39, 0.29) is 11.8 Å². The molecular formula is C29H25N3O2. The van der Waals surface area contributed by atoms with Gasteiger partial charge in [0.2, 0.25) is 0 Å². The zero-order valence-corrected chi connectivity index (χ0v) is 18.8.